The van der Waals surface area contributed by atoms with Crippen molar-refractivity contribution in [2.75, 3.05) is 12.4 Å². The van der Waals surface area contributed by atoms with Gasteiger partial charge in [-0.3, -0.25) is 24.5 Å². The Bertz CT molecular complexity index is 792. The van der Waals surface area contributed by atoms with E-state index in [9.17, 15) is 19.7 Å². The molecule has 0 spiro atoms. The molecule has 2 heterocycles. The first kappa shape index (κ1) is 14.4. The third-order valence-corrected chi connectivity index (χ3v) is 2.79. The lowest BCUT2D eigenvalue weighted by Gasteiger charge is -2.06. The van der Waals surface area contributed by atoms with Crippen molar-refractivity contribution in [2.24, 2.45) is 7.05 Å². The van der Waals surface area contributed by atoms with Crippen LogP contribution in [0.4, 0.5) is 11.5 Å². The number of nitrogens with zero attached hydrogens (tertiary/aromatic N) is 5. The molecule has 0 aliphatic carbocycles. The number of nitro groups is 1. The van der Waals surface area contributed by atoms with Gasteiger partial charge in [0.1, 0.15) is 5.82 Å². The van der Waals surface area contributed by atoms with E-state index in [1.807, 2.05) is 0 Å². The maximum atomic E-state index is 12.0. The lowest BCUT2D eigenvalue weighted by atomic mass is 10.4. The summed E-state index contributed by atoms with van der Waals surface area (Å²) in [6.45, 7) is -0.190. The van der Waals surface area contributed by atoms with Gasteiger partial charge in [-0.15, -0.1) is 0 Å². The fourth-order valence-electron chi connectivity index (χ4n) is 1.70. The van der Waals surface area contributed by atoms with Gasteiger partial charge in [-0.1, -0.05) is 0 Å². The van der Waals surface area contributed by atoms with E-state index in [2.05, 4.69) is 15.3 Å². The average Bonchev–Trinajstić information content (AvgIpc) is 2.47. The molecule has 0 radical (unpaired) electrons. The Morgan fingerprint density at radius 3 is 2.57 bits per heavy atom. The topological polar surface area (TPSA) is 125 Å². The van der Waals surface area contributed by atoms with Crippen LogP contribution in [0.3, 0.4) is 0 Å². The Morgan fingerprint density at radius 2 is 2.05 bits per heavy atom. The molecule has 2 aromatic heterocycles. The van der Waals surface area contributed by atoms with Crippen LogP contribution in [0.25, 0.3) is 0 Å². The highest BCUT2D eigenvalue weighted by Gasteiger charge is 2.19. The van der Waals surface area contributed by atoms with Gasteiger partial charge in [-0.2, -0.15) is 0 Å². The number of aryl methyl sites for hydroxylation is 1. The molecular weight excluding hydrogens is 280 g/mol. The molecule has 0 amide bonds. The predicted molar refractivity (Wildman–Crippen MR) is 73.3 cm³/mol. The van der Waals surface area contributed by atoms with Crippen molar-refractivity contribution in [3.63, 3.8) is 0 Å². The Hall–Kier alpha value is -3.04. The summed E-state index contributed by atoms with van der Waals surface area (Å²) in [5.41, 5.74) is -1.96. The molecule has 2 rings (SSSR count). The first-order chi connectivity index (χ1) is 9.93. The minimum Gasteiger partial charge on any atom is -0.372 e. The van der Waals surface area contributed by atoms with Gasteiger partial charge in [0.2, 0.25) is 0 Å². The normalized spacial score (nSPS) is 10.4. The average molecular weight is 292 g/mol. The second-order valence-electron chi connectivity index (χ2n) is 4.20. The number of anilines is 1. The zero-order valence-electron chi connectivity index (χ0n) is 11.3. The molecule has 0 saturated carbocycles. The Morgan fingerprint density at radius 1 is 1.33 bits per heavy atom. The minimum absolute atomic E-state index is 0.190. The highest BCUT2D eigenvalue weighted by molar-refractivity contribution is 5.29. The molecule has 0 aromatic carbocycles. The largest absolute Gasteiger partial charge is 0.372 e. The van der Waals surface area contributed by atoms with Crippen LogP contribution in [0, 0.1) is 10.1 Å². The summed E-state index contributed by atoms with van der Waals surface area (Å²) in [7, 11) is 3.01. The predicted octanol–water partition coefficient (Wildman–Crippen LogP) is -0.665. The molecular formula is C11H12N6O4. The van der Waals surface area contributed by atoms with Gasteiger partial charge in [0.05, 0.1) is 35.8 Å². The monoisotopic (exact) mass is 292 g/mol. The number of nitrogens with one attached hydrogen (secondary N) is 1. The highest BCUT2D eigenvalue weighted by atomic mass is 16.6. The Kier molecular flexibility index (Phi) is 3.78. The van der Waals surface area contributed by atoms with E-state index >= 15 is 0 Å². The number of rotatable bonds is 4. The summed E-state index contributed by atoms with van der Waals surface area (Å²) in [5.74, 6) is 0.526. The molecule has 110 valence electrons. The van der Waals surface area contributed by atoms with Crippen molar-refractivity contribution in [3.8, 4) is 0 Å². The molecule has 0 aliphatic rings. The molecule has 0 aliphatic heterocycles. The quantitative estimate of drug-likeness (QED) is 0.585. The van der Waals surface area contributed by atoms with Crippen LogP contribution in [0.15, 0.2) is 28.2 Å². The van der Waals surface area contributed by atoms with Gasteiger partial charge in [-0.25, -0.2) is 14.3 Å². The smallest absolute Gasteiger partial charge is 0.350 e. The highest BCUT2D eigenvalue weighted by Crippen LogP contribution is 2.02. The van der Waals surface area contributed by atoms with Crippen LogP contribution in [0.1, 0.15) is 5.69 Å². The van der Waals surface area contributed by atoms with Crippen LogP contribution >= 0.6 is 0 Å². The van der Waals surface area contributed by atoms with Gasteiger partial charge in [0.25, 0.3) is 0 Å². The van der Waals surface area contributed by atoms with Crippen LogP contribution in [0.2, 0.25) is 0 Å². The summed E-state index contributed by atoms with van der Waals surface area (Å²) in [6.07, 6.45) is 3.72. The van der Waals surface area contributed by atoms with Crippen molar-refractivity contribution in [2.45, 2.75) is 6.54 Å². The zero-order chi connectivity index (χ0) is 15.6. The summed E-state index contributed by atoms with van der Waals surface area (Å²) < 4.78 is 1.73. The number of hydrogen-bond donors (Lipinski definition) is 1. The van der Waals surface area contributed by atoms with E-state index in [0.717, 1.165) is 15.3 Å². The van der Waals surface area contributed by atoms with E-state index in [-0.39, 0.29) is 6.54 Å². The Labute approximate surface area is 117 Å². The third kappa shape index (κ3) is 2.78. The molecule has 21 heavy (non-hydrogen) atoms. The molecule has 2 aromatic rings. The molecule has 0 fully saturated rings. The van der Waals surface area contributed by atoms with E-state index in [0.29, 0.717) is 11.5 Å². The van der Waals surface area contributed by atoms with E-state index in [1.54, 1.807) is 7.05 Å². The molecule has 0 saturated heterocycles. The van der Waals surface area contributed by atoms with Crippen molar-refractivity contribution in [1.29, 1.82) is 0 Å². The van der Waals surface area contributed by atoms with Gasteiger partial charge in [0.15, 0.2) is 0 Å². The summed E-state index contributed by atoms with van der Waals surface area (Å²) in [4.78, 5) is 41.9. The first-order valence-electron chi connectivity index (χ1n) is 5.87. The van der Waals surface area contributed by atoms with Crippen LogP contribution in [0.5, 0.6) is 0 Å². The maximum absolute atomic E-state index is 12.0. The van der Waals surface area contributed by atoms with Gasteiger partial charge < -0.3 is 5.32 Å². The van der Waals surface area contributed by atoms with Gasteiger partial charge >= 0.3 is 16.9 Å². The number of hydrogen-bond acceptors (Lipinski definition) is 7. The summed E-state index contributed by atoms with van der Waals surface area (Å²) in [6, 6.07) is 0. The van der Waals surface area contributed by atoms with Crippen LogP contribution < -0.4 is 16.6 Å². The number of aromatic nitrogens is 4. The molecule has 0 unspecified atom stereocenters. The van der Waals surface area contributed by atoms with E-state index < -0.39 is 21.9 Å². The van der Waals surface area contributed by atoms with Crippen molar-refractivity contribution in [3.05, 3.63) is 55.2 Å². The minimum atomic E-state index is -0.970. The molecule has 1 N–H and O–H groups in total. The lowest BCUT2D eigenvalue weighted by Crippen LogP contribution is -2.39. The van der Waals surface area contributed by atoms with E-state index in [1.165, 1.54) is 19.4 Å². The molecule has 10 nitrogen and oxygen atoms in total. The van der Waals surface area contributed by atoms with Crippen LogP contribution in [-0.2, 0) is 13.6 Å². The van der Waals surface area contributed by atoms with Crippen molar-refractivity contribution in [1.82, 2.24) is 19.1 Å². The standard InChI is InChI=1S/C11H12N6O4/c1-12-9-4-13-7(3-14-9)5-16-10(18)8(17(20)21)6-15(2)11(16)19/h3-4,6H,5H2,1-2H3,(H,12,14). The van der Waals surface area contributed by atoms with E-state index in [4.69, 9.17) is 0 Å². The lowest BCUT2D eigenvalue weighted by molar-refractivity contribution is -0.387. The van der Waals surface area contributed by atoms with Crippen molar-refractivity contribution >= 4 is 11.5 Å². The summed E-state index contributed by atoms with van der Waals surface area (Å²) in [5, 5.41) is 13.6. The second kappa shape index (κ2) is 5.53. The molecule has 0 atom stereocenters. The molecule has 0 bridgehead atoms. The fraction of sp³-hybridized carbons (Fsp3) is 0.273. The SMILES string of the molecule is CNc1cnc(Cn2c(=O)c([N+](=O)[O-])cn(C)c2=O)cn1. The van der Waals surface area contributed by atoms with Gasteiger partial charge in [0, 0.05) is 14.1 Å². The summed E-state index contributed by atoms with van der Waals surface area (Å²) >= 11 is 0. The molecule has 10 heteroatoms. The first-order valence-corrected chi connectivity index (χ1v) is 5.87. The maximum Gasteiger partial charge on any atom is 0.350 e. The zero-order valence-corrected chi connectivity index (χ0v) is 11.3. The Balaban J connectivity index is 2.50. The fourth-order valence-corrected chi connectivity index (χ4v) is 1.70. The van der Waals surface area contributed by atoms with Crippen molar-refractivity contribution < 1.29 is 4.92 Å². The second-order valence-corrected chi connectivity index (χ2v) is 4.20. The van der Waals surface area contributed by atoms with Gasteiger partial charge in [-0.05, 0) is 0 Å². The third-order valence-electron chi connectivity index (χ3n) is 2.79. The van der Waals surface area contributed by atoms with Crippen LogP contribution in [-0.4, -0.2) is 31.1 Å².